The first-order chi connectivity index (χ1) is 14.1. The second kappa shape index (κ2) is 8.45. The molecular weight excluding hydrogens is 423 g/mol. The van der Waals surface area contributed by atoms with E-state index in [1.54, 1.807) is 6.07 Å². The zero-order chi connectivity index (χ0) is 22.1. The van der Waals surface area contributed by atoms with E-state index in [0.29, 0.717) is 18.8 Å². The van der Waals surface area contributed by atoms with Crippen molar-refractivity contribution in [1.82, 2.24) is 9.88 Å². The topological polar surface area (TPSA) is 75.4 Å². The van der Waals surface area contributed by atoms with Crippen LogP contribution in [-0.2, 0) is 11.0 Å². The summed E-state index contributed by atoms with van der Waals surface area (Å²) in [5.41, 5.74) is -0.317. The Bertz CT molecular complexity index is 1110. The summed E-state index contributed by atoms with van der Waals surface area (Å²) in [5.74, 6) is -1.03. The lowest BCUT2D eigenvalue weighted by molar-refractivity contribution is -0.137. The van der Waals surface area contributed by atoms with Crippen molar-refractivity contribution in [2.24, 2.45) is 0 Å². The van der Waals surface area contributed by atoms with Crippen LogP contribution in [0.25, 0.3) is 22.6 Å². The third kappa shape index (κ3) is 4.63. The largest absolute Gasteiger partial charge is 0.435 e. The first-order valence-electron chi connectivity index (χ1n) is 8.80. The van der Waals surface area contributed by atoms with Gasteiger partial charge in [-0.3, -0.25) is 9.59 Å². The van der Waals surface area contributed by atoms with Crippen LogP contribution in [0.2, 0.25) is 5.02 Å². The van der Waals surface area contributed by atoms with Crippen molar-refractivity contribution in [3.63, 3.8) is 0 Å². The number of oxazole rings is 1. The molecule has 0 aliphatic carbocycles. The number of nitrogens with one attached hydrogen (secondary N) is 1. The molecule has 30 heavy (non-hydrogen) atoms. The van der Waals surface area contributed by atoms with Gasteiger partial charge in [0.05, 0.1) is 21.7 Å². The number of fused-ring (bicyclic) bond motifs is 1. The predicted molar refractivity (Wildman–Crippen MR) is 107 cm³/mol. The highest BCUT2D eigenvalue weighted by Gasteiger charge is 2.31. The van der Waals surface area contributed by atoms with Crippen LogP contribution in [0, 0.1) is 0 Å². The zero-order valence-corrected chi connectivity index (χ0v) is 16.8. The molecule has 0 atom stereocenters. The van der Waals surface area contributed by atoms with Crippen LogP contribution in [0.5, 0.6) is 0 Å². The molecule has 0 aliphatic heterocycles. The molecule has 0 aliphatic rings. The summed E-state index contributed by atoms with van der Waals surface area (Å²) in [6, 6.07) is 5.80. The Morgan fingerprint density at radius 3 is 2.63 bits per heavy atom. The van der Waals surface area contributed by atoms with Crippen molar-refractivity contribution in [2.45, 2.75) is 6.18 Å². The molecule has 0 spiro atoms. The van der Waals surface area contributed by atoms with Gasteiger partial charge in [0.25, 0.3) is 0 Å². The van der Waals surface area contributed by atoms with Crippen LogP contribution < -0.4 is 5.32 Å². The number of aldehydes is 1. The summed E-state index contributed by atoms with van der Waals surface area (Å²) in [5, 5.41) is 3.11. The summed E-state index contributed by atoms with van der Waals surface area (Å²) in [7, 11) is 3.80. The van der Waals surface area contributed by atoms with E-state index in [1.165, 1.54) is 6.07 Å². The molecule has 3 rings (SSSR count). The van der Waals surface area contributed by atoms with Gasteiger partial charge in [0.15, 0.2) is 11.9 Å². The molecule has 0 radical (unpaired) electrons. The maximum absolute atomic E-state index is 13.1. The lowest BCUT2D eigenvalue weighted by Crippen LogP contribution is -2.20. The van der Waals surface area contributed by atoms with Gasteiger partial charge >= 0.3 is 6.18 Å². The predicted octanol–water partition coefficient (Wildman–Crippen LogP) is 4.52. The number of alkyl halides is 3. The van der Waals surface area contributed by atoms with Crippen molar-refractivity contribution < 1.29 is 27.2 Å². The normalized spacial score (nSPS) is 11.8. The number of aromatic nitrogens is 1. The molecule has 1 aromatic heterocycles. The summed E-state index contributed by atoms with van der Waals surface area (Å²) in [4.78, 5) is 29.3. The molecule has 6 nitrogen and oxygen atoms in total. The summed E-state index contributed by atoms with van der Waals surface area (Å²) in [6.45, 7) is 1.26. The van der Waals surface area contributed by atoms with Crippen LogP contribution in [0.4, 0.5) is 18.9 Å². The molecule has 0 bridgehead atoms. The van der Waals surface area contributed by atoms with Crippen molar-refractivity contribution in [3.8, 4) is 11.5 Å². The van der Waals surface area contributed by atoms with E-state index < -0.39 is 17.5 Å². The molecule has 0 amide bonds. The maximum Gasteiger partial charge on any atom is 0.416 e. The van der Waals surface area contributed by atoms with Crippen molar-refractivity contribution >= 4 is 40.5 Å². The molecule has 0 unspecified atom stereocenters. The molecule has 10 heteroatoms. The van der Waals surface area contributed by atoms with E-state index in [2.05, 4.69) is 10.3 Å². The minimum absolute atomic E-state index is 0.00199. The number of halogens is 4. The highest BCUT2D eigenvalue weighted by molar-refractivity contribution is 6.36. The van der Waals surface area contributed by atoms with Gasteiger partial charge < -0.3 is 14.6 Å². The lowest BCUT2D eigenvalue weighted by Gasteiger charge is -2.11. The Balaban J connectivity index is 2.11. The number of carbonyl (C=O) groups excluding carboxylic acids is 2. The van der Waals surface area contributed by atoms with Gasteiger partial charge in [-0.2, -0.15) is 13.2 Å². The van der Waals surface area contributed by atoms with Gasteiger partial charge in [0.1, 0.15) is 5.52 Å². The fraction of sp³-hybridized carbons (Fsp3) is 0.250. The van der Waals surface area contributed by atoms with E-state index in [-0.39, 0.29) is 39.4 Å². The van der Waals surface area contributed by atoms with Gasteiger partial charge in [-0.25, -0.2) is 4.98 Å². The van der Waals surface area contributed by atoms with Gasteiger partial charge in [0.2, 0.25) is 11.7 Å². The summed E-state index contributed by atoms with van der Waals surface area (Å²) < 4.78 is 44.8. The Labute approximate surface area is 174 Å². The molecule has 158 valence electrons. The highest BCUT2D eigenvalue weighted by Crippen LogP contribution is 2.37. The van der Waals surface area contributed by atoms with Gasteiger partial charge in [-0.15, -0.1) is 0 Å². The molecule has 3 aromatic rings. The molecule has 1 N–H and O–H groups in total. The van der Waals surface area contributed by atoms with Crippen molar-refractivity contribution in [3.05, 3.63) is 46.5 Å². The Morgan fingerprint density at radius 1 is 1.27 bits per heavy atom. The molecule has 2 aromatic carbocycles. The second-order valence-corrected chi connectivity index (χ2v) is 7.20. The number of nitrogens with zero attached hydrogens (tertiary/aromatic N) is 2. The molecular formula is C20H17ClF3N3O3. The van der Waals surface area contributed by atoms with Crippen LogP contribution in [0.1, 0.15) is 15.9 Å². The third-order valence-electron chi connectivity index (χ3n) is 4.27. The van der Waals surface area contributed by atoms with Gasteiger partial charge in [-0.1, -0.05) is 11.6 Å². The fourth-order valence-corrected chi connectivity index (χ4v) is 2.98. The van der Waals surface area contributed by atoms with Crippen molar-refractivity contribution in [2.75, 3.05) is 32.5 Å². The van der Waals surface area contributed by atoms with Crippen LogP contribution in [-0.4, -0.2) is 49.1 Å². The van der Waals surface area contributed by atoms with E-state index in [0.717, 1.165) is 18.2 Å². The lowest BCUT2D eigenvalue weighted by atomic mass is 10.1. The fourth-order valence-electron chi connectivity index (χ4n) is 2.79. The maximum atomic E-state index is 13.1. The number of carbonyl (C=O) groups is 2. The number of hydrogen-bond donors (Lipinski definition) is 1. The van der Waals surface area contributed by atoms with Crippen LogP contribution in [0.15, 0.2) is 34.7 Å². The van der Waals surface area contributed by atoms with Gasteiger partial charge in [0, 0.05) is 18.8 Å². The quantitative estimate of drug-likeness (QED) is 0.331. The molecule has 0 saturated carbocycles. The van der Waals surface area contributed by atoms with Crippen LogP contribution in [0.3, 0.4) is 0 Å². The summed E-state index contributed by atoms with van der Waals surface area (Å²) in [6.07, 6.45) is -4.44. The first kappa shape index (κ1) is 21.8. The minimum Gasteiger partial charge on any atom is -0.435 e. The smallest absolute Gasteiger partial charge is 0.416 e. The Morgan fingerprint density at radius 2 is 2.00 bits per heavy atom. The number of benzene rings is 2. The minimum atomic E-state index is -4.58. The monoisotopic (exact) mass is 439 g/mol. The van der Waals surface area contributed by atoms with Crippen molar-refractivity contribution in [1.29, 1.82) is 0 Å². The number of anilines is 1. The molecule has 0 saturated heterocycles. The summed E-state index contributed by atoms with van der Waals surface area (Å²) >= 11 is 6.06. The number of likely N-dealkylation sites (N-methyl/N-ethyl adjacent to an activating group) is 1. The van der Waals surface area contributed by atoms with E-state index in [9.17, 15) is 22.8 Å². The second-order valence-electron chi connectivity index (χ2n) is 6.80. The first-order valence-corrected chi connectivity index (χ1v) is 9.17. The average molecular weight is 440 g/mol. The molecule has 0 fully saturated rings. The number of Topliss-reactive ketones (excluding diaryl/α,β-unsaturated/α-hetero) is 1. The average Bonchev–Trinajstić information content (AvgIpc) is 3.09. The third-order valence-corrected chi connectivity index (χ3v) is 4.60. The van der Waals surface area contributed by atoms with Gasteiger partial charge in [-0.05, 0) is 44.4 Å². The number of rotatable bonds is 7. The van der Waals surface area contributed by atoms with E-state index in [4.69, 9.17) is 16.0 Å². The van der Waals surface area contributed by atoms with E-state index >= 15 is 0 Å². The Kier molecular flexibility index (Phi) is 6.14. The Hall–Kier alpha value is -2.91. The number of hydrogen-bond acceptors (Lipinski definition) is 6. The number of ketones is 1. The highest BCUT2D eigenvalue weighted by atomic mass is 35.5. The standard InChI is InChI=1S/C20H17ClF3N3O3/c1-27(2)6-5-25-12-8-14(17(29)10-28)18-16(9-12)26-19(30-18)13-7-11(20(22,23)24)3-4-15(13)21/h3-4,7-10,25H,5-6H2,1-2H3. The van der Waals surface area contributed by atoms with E-state index in [1.807, 2.05) is 19.0 Å². The molecule has 1 heterocycles. The SMILES string of the molecule is CN(C)CCNc1cc(C(=O)C=O)c2oc(-c3cc(C(F)(F)F)ccc3Cl)nc2c1. The zero-order valence-electron chi connectivity index (χ0n) is 16.0. The van der Waals surface area contributed by atoms with Crippen LogP contribution >= 0.6 is 11.6 Å².